The van der Waals surface area contributed by atoms with E-state index < -0.39 is 18.0 Å². The summed E-state index contributed by atoms with van der Waals surface area (Å²) in [6, 6.07) is 0. The number of carbonyl (C=O) groups is 3. The van der Waals surface area contributed by atoms with Crippen LogP contribution in [0.4, 0.5) is 0 Å². The van der Waals surface area contributed by atoms with Crippen molar-refractivity contribution < 1.29 is 28.6 Å². The van der Waals surface area contributed by atoms with E-state index >= 15 is 0 Å². The van der Waals surface area contributed by atoms with Gasteiger partial charge < -0.3 is 14.2 Å². The van der Waals surface area contributed by atoms with Crippen LogP contribution in [0.1, 0.15) is 130 Å². The van der Waals surface area contributed by atoms with Crippen molar-refractivity contribution in [1.29, 1.82) is 0 Å². The summed E-state index contributed by atoms with van der Waals surface area (Å²) >= 11 is 0. The first-order valence-electron chi connectivity index (χ1n) is 18.9. The highest BCUT2D eigenvalue weighted by atomic mass is 16.6. The number of ether oxygens (including phenoxy) is 3. The van der Waals surface area contributed by atoms with Crippen molar-refractivity contribution in [3.8, 4) is 0 Å². The maximum absolute atomic E-state index is 12.5. The SMILES string of the molecule is CC/C=C\C/C=C\C/C=C\CCCCCCC(=O)OCC(COC(=O)C/C=C\C/C=C\C/C=C\CC)OC(=O)C/C=C\C/C=C\C/C=C\CC. The second-order valence-electron chi connectivity index (χ2n) is 11.7. The summed E-state index contributed by atoms with van der Waals surface area (Å²) in [5, 5.41) is 0. The lowest BCUT2D eigenvalue weighted by Crippen LogP contribution is -2.30. The van der Waals surface area contributed by atoms with Gasteiger partial charge in [0.15, 0.2) is 6.10 Å². The molecule has 50 heavy (non-hydrogen) atoms. The first-order valence-corrected chi connectivity index (χ1v) is 18.9. The molecule has 278 valence electrons. The zero-order chi connectivity index (χ0) is 36.6. The standard InChI is InChI=1S/C44H66O6/c1-4-7-10-13-16-19-20-21-22-23-26-28-31-34-37-43(46)49-40-41(50-44(47)38-35-32-29-25-18-15-12-9-6-3)39-48-42(45)36-33-30-27-24-17-14-11-8-5-2/h7-12,16-19,21-22,24-25,30,32-33,35,41H,4-6,13-15,20,23,26-29,31,34,36-40H2,1-3H3/b10-7-,11-8-,12-9-,19-16-,22-21-,24-17-,25-18-,33-30-,35-32-. The Morgan fingerprint density at radius 1 is 0.420 bits per heavy atom. The fourth-order valence-electron chi connectivity index (χ4n) is 4.34. The molecule has 0 aliphatic carbocycles. The molecule has 0 saturated heterocycles. The molecule has 0 aromatic rings. The summed E-state index contributed by atoms with van der Waals surface area (Å²) in [6.45, 7) is 6.01. The lowest BCUT2D eigenvalue weighted by Gasteiger charge is -2.17. The lowest BCUT2D eigenvalue weighted by atomic mass is 10.1. The summed E-state index contributed by atoms with van der Waals surface area (Å²) in [5.74, 6) is -1.25. The van der Waals surface area contributed by atoms with Crippen molar-refractivity contribution in [2.75, 3.05) is 13.2 Å². The molecule has 0 aliphatic rings. The van der Waals surface area contributed by atoms with Crippen molar-refractivity contribution in [2.45, 2.75) is 136 Å². The molecule has 0 rings (SSSR count). The number of hydrogen-bond donors (Lipinski definition) is 0. The molecule has 1 atom stereocenters. The fraction of sp³-hybridized carbons (Fsp3) is 0.523. The smallest absolute Gasteiger partial charge is 0.310 e. The van der Waals surface area contributed by atoms with E-state index in [9.17, 15) is 14.4 Å². The number of allylic oxidation sites excluding steroid dienone is 16. The lowest BCUT2D eigenvalue weighted by molar-refractivity contribution is -0.166. The third kappa shape index (κ3) is 35.4. The van der Waals surface area contributed by atoms with Gasteiger partial charge in [0.1, 0.15) is 13.2 Å². The van der Waals surface area contributed by atoms with E-state index in [4.69, 9.17) is 14.2 Å². The molecule has 0 aromatic heterocycles. The number of esters is 3. The molecule has 0 heterocycles. The summed E-state index contributed by atoms with van der Waals surface area (Å²) in [4.78, 5) is 37.2. The van der Waals surface area contributed by atoms with Gasteiger partial charge in [-0.2, -0.15) is 0 Å². The molecule has 0 radical (unpaired) electrons. The van der Waals surface area contributed by atoms with Crippen molar-refractivity contribution in [2.24, 2.45) is 0 Å². The van der Waals surface area contributed by atoms with Gasteiger partial charge in [-0.3, -0.25) is 14.4 Å². The fourth-order valence-corrected chi connectivity index (χ4v) is 4.34. The van der Waals surface area contributed by atoms with Crippen molar-refractivity contribution in [3.63, 3.8) is 0 Å². The van der Waals surface area contributed by atoms with E-state index in [2.05, 4.69) is 93.7 Å². The highest BCUT2D eigenvalue weighted by Crippen LogP contribution is 2.09. The van der Waals surface area contributed by atoms with Crippen molar-refractivity contribution in [1.82, 2.24) is 0 Å². The van der Waals surface area contributed by atoms with Gasteiger partial charge in [0.05, 0.1) is 12.8 Å². The Balaban J connectivity index is 4.59. The van der Waals surface area contributed by atoms with Crippen LogP contribution in [-0.2, 0) is 28.6 Å². The number of rotatable bonds is 31. The third-order valence-corrected chi connectivity index (χ3v) is 7.07. The van der Waals surface area contributed by atoms with Gasteiger partial charge in [-0.15, -0.1) is 0 Å². The second-order valence-corrected chi connectivity index (χ2v) is 11.7. The van der Waals surface area contributed by atoms with E-state index in [1.807, 2.05) is 24.3 Å². The Hall–Kier alpha value is -3.93. The molecule has 0 fully saturated rings. The van der Waals surface area contributed by atoms with Crippen LogP contribution in [0.5, 0.6) is 0 Å². The van der Waals surface area contributed by atoms with Crippen LogP contribution < -0.4 is 0 Å². The van der Waals surface area contributed by atoms with E-state index in [-0.39, 0.29) is 32.0 Å². The van der Waals surface area contributed by atoms with E-state index in [0.29, 0.717) is 6.42 Å². The minimum Gasteiger partial charge on any atom is -0.462 e. The Morgan fingerprint density at radius 2 is 0.800 bits per heavy atom. The van der Waals surface area contributed by atoms with Gasteiger partial charge >= 0.3 is 17.9 Å². The Kier molecular flexibility index (Phi) is 34.9. The first kappa shape index (κ1) is 46.1. The van der Waals surface area contributed by atoms with Gasteiger partial charge in [-0.1, -0.05) is 143 Å². The van der Waals surface area contributed by atoms with Gasteiger partial charge in [0, 0.05) is 6.42 Å². The summed E-state index contributed by atoms with van der Waals surface area (Å²) < 4.78 is 16.3. The van der Waals surface area contributed by atoms with E-state index in [0.717, 1.165) is 89.9 Å². The maximum atomic E-state index is 12.5. The van der Waals surface area contributed by atoms with Crippen LogP contribution >= 0.6 is 0 Å². The van der Waals surface area contributed by atoms with Crippen molar-refractivity contribution >= 4 is 17.9 Å². The molecule has 0 aromatic carbocycles. The van der Waals surface area contributed by atoms with Crippen LogP contribution in [0.2, 0.25) is 0 Å². The van der Waals surface area contributed by atoms with Crippen molar-refractivity contribution in [3.05, 3.63) is 109 Å². The molecule has 0 spiro atoms. The Bertz CT molecular complexity index is 1120. The predicted molar refractivity (Wildman–Crippen MR) is 210 cm³/mol. The highest BCUT2D eigenvalue weighted by molar-refractivity contribution is 5.72. The number of hydrogen-bond acceptors (Lipinski definition) is 6. The van der Waals surface area contributed by atoms with Gasteiger partial charge in [-0.25, -0.2) is 0 Å². The topological polar surface area (TPSA) is 78.9 Å². The average molecular weight is 691 g/mol. The molecular formula is C44H66O6. The number of carbonyl (C=O) groups excluding carboxylic acids is 3. The monoisotopic (exact) mass is 690 g/mol. The summed E-state index contributed by atoms with van der Waals surface area (Å²) in [5.41, 5.74) is 0. The van der Waals surface area contributed by atoms with Gasteiger partial charge in [-0.05, 0) is 77.0 Å². The highest BCUT2D eigenvalue weighted by Gasteiger charge is 2.18. The molecule has 0 saturated carbocycles. The predicted octanol–water partition coefficient (Wildman–Crippen LogP) is 11.7. The summed E-state index contributed by atoms with van der Waals surface area (Å²) in [6.07, 6.45) is 50.0. The molecule has 6 nitrogen and oxygen atoms in total. The molecular weight excluding hydrogens is 624 g/mol. The third-order valence-electron chi connectivity index (χ3n) is 7.07. The average Bonchev–Trinajstić information content (AvgIpc) is 3.11. The summed E-state index contributed by atoms with van der Waals surface area (Å²) in [7, 11) is 0. The molecule has 0 bridgehead atoms. The normalized spacial score (nSPS) is 13.3. The van der Waals surface area contributed by atoms with Crippen LogP contribution in [-0.4, -0.2) is 37.2 Å². The van der Waals surface area contributed by atoms with Crippen LogP contribution in [0.25, 0.3) is 0 Å². The zero-order valence-corrected chi connectivity index (χ0v) is 31.4. The van der Waals surface area contributed by atoms with Crippen LogP contribution in [0, 0.1) is 0 Å². The molecule has 1 unspecified atom stereocenters. The Labute approximate surface area is 304 Å². The molecule has 0 aliphatic heterocycles. The van der Waals surface area contributed by atoms with Gasteiger partial charge in [0.2, 0.25) is 0 Å². The van der Waals surface area contributed by atoms with Gasteiger partial charge in [0.25, 0.3) is 0 Å². The van der Waals surface area contributed by atoms with Crippen LogP contribution in [0.15, 0.2) is 109 Å². The van der Waals surface area contributed by atoms with Crippen LogP contribution in [0.3, 0.4) is 0 Å². The molecule has 0 N–H and O–H groups in total. The van der Waals surface area contributed by atoms with E-state index in [1.54, 1.807) is 12.2 Å². The minimum absolute atomic E-state index is 0.0784. The molecule has 6 heteroatoms. The van der Waals surface area contributed by atoms with E-state index in [1.165, 1.54) is 0 Å². The quantitative estimate of drug-likeness (QED) is 0.0312. The number of unbranched alkanes of at least 4 members (excludes halogenated alkanes) is 4. The Morgan fingerprint density at radius 3 is 1.28 bits per heavy atom. The first-order chi connectivity index (χ1) is 24.5. The zero-order valence-electron chi connectivity index (χ0n) is 31.4. The maximum Gasteiger partial charge on any atom is 0.310 e. The molecule has 0 amide bonds. The largest absolute Gasteiger partial charge is 0.462 e. The second kappa shape index (κ2) is 37.9. The minimum atomic E-state index is -0.869.